The molecular weight excluding hydrogens is 295 g/mol. The number of pyridine rings is 1. The minimum absolute atomic E-state index is 0.0489. The minimum atomic E-state index is 0.0489. The molecule has 1 aliphatic heterocycles. The molecule has 2 fully saturated rings. The standard InChI is InChI=1S/C15H18Cl2N2O/c16-13-8-11(9-14(17)18-13)15(20)19-7-3-5-10-4-1-2-6-12(10)19/h8-10,12H,1-7H2. The van der Waals surface area contributed by atoms with Crippen molar-refractivity contribution in [3.8, 4) is 0 Å². The Labute approximate surface area is 129 Å². The molecular formula is C15H18Cl2N2O. The van der Waals surface area contributed by atoms with Gasteiger partial charge in [0.05, 0.1) is 0 Å². The monoisotopic (exact) mass is 312 g/mol. The van der Waals surface area contributed by atoms with Crippen molar-refractivity contribution >= 4 is 29.1 Å². The second-order valence-corrected chi connectivity index (χ2v) is 6.53. The Hall–Kier alpha value is -0.800. The van der Waals surface area contributed by atoms with Crippen LogP contribution in [0.25, 0.3) is 0 Å². The van der Waals surface area contributed by atoms with E-state index in [-0.39, 0.29) is 16.2 Å². The van der Waals surface area contributed by atoms with Gasteiger partial charge in [0.2, 0.25) is 0 Å². The van der Waals surface area contributed by atoms with Crippen LogP contribution in [-0.4, -0.2) is 28.4 Å². The lowest BCUT2D eigenvalue weighted by Crippen LogP contribution is -2.49. The second-order valence-electron chi connectivity index (χ2n) is 5.75. The maximum absolute atomic E-state index is 12.7. The van der Waals surface area contributed by atoms with Gasteiger partial charge in [0, 0.05) is 18.2 Å². The molecule has 1 aliphatic carbocycles. The molecule has 3 nitrogen and oxygen atoms in total. The summed E-state index contributed by atoms with van der Waals surface area (Å²) >= 11 is 11.8. The van der Waals surface area contributed by atoms with Crippen molar-refractivity contribution in [2.75, 3.05) is 6.54 Å². The molecule has 1 saturated heterocycles. The number of likely N-dealkylation sites (tertiary alicyclic amines) is 1. The summed E-state index contributed by atoms with van der Waals surface area (Å²) in [7, 11) is 0. The molecule has 1 saturated carbocycles. The summed E-state index contributed by atoms with van der Waals surface area (Å²) < 4.78 is 0. The van der Waals surface area contributed by atoms with Gasteiger partial charge in [-0.25, -0.2) is 4.98 Å². The van der Waals surface area contributed by atoms with Crippen molar-refractivity contribution in [3.63, 3.8) is 0 Å². The molecule has 2 heterocycles. The van der Waals surface area contributed by atoms with Crippen molar-refractivity contribution in [2.45, 2.75) is 44.6 Å². The third kappa shape index (κ3) is 2.79. The molecule has 0 aromatic carbocycles. The largest absolute Gasteiger partial charge is 0.335 e. The molecule has 3 rings (SSSR count). The van der Waals surface area contributed by atoms with E-state index in [4.69, 9.17) is 23.2 Å². The predicted molar refractivity (Wildman–Crippen MR) is 80.3 cm³/mol. The van der Waals surface area contributed by atoms with Crippen molar-refractivity contribution in [2.24, 2.45) is 5.92 Å². The number of piperidine rings is 1. The topological polar surface area (TPSA) is 33.2 Å². The van der Waals surface area contributed by atoms with Crippen LogP contribution in [0.4, 0.5) is 0 Å². The first kappa shape index (κ1) is 14.2. The summed E-state index contributed by atoms with van der Waals surface area (Å²) in [4.78, 5) is 18.7. The van der Waals surface area contributed by atoms with E-state index in [2.05, 4.69) is 4.98 Å². The highest BCUT2D eigenvalue weighted by atomic mass is 35.5. The van der Waals surface area contributed by atoms with E-state index in [0.717, 1.165) is 19.4 Å². The van der Waals surface area contributed by atoms with Gasteiger partial charge in [-0.3, -0.25) is 4.79 Å². The second kappa shape index (κ2) is 5.90. The van der Waals surface area contributed by atoms with E-state index < -0.39 is 0 Å². The molecule has 20 heavy (non-hydrogen) atoms. The zero-order chi connectivity index (χ0) is 14.1. The minimum Gasteiger partial charge on any atom is -0.335 e. The van der Waals surface area contributed by atoms with Gasteiger partial charge in [0.15, 0.2) is 0 Å². The van der Waals surface area contributed by atoms with Crippen LogP contribution in [0.3, 0.4) is 0 Å². The van der Waals surface area contributed by atoms with Gasteiger partial charge >= 0.3 is 0 Å². The number of carbonyl (C=O) groups is 1. The zero-order valence-electron chi connectivity index (χ0n) is 11.3. The molecule has 5 heteroatoms. The number of hydrogen-bond acceptors (Lipinski definition) is 2. The summed E-state index contributed by atoms with van der Waals surface area (Å²) in [5.74, 6) is 0.724. The first-order chi connectivity index (χ1) is 9.65. The molecule has 0 spiro atoms. The number of nitrogens with zero attached hydrogens (tertiary/aromatic N) is 2. The van der Waals surface area contributed by atoms with Gasteiger partial charge in [-0.1, -0.05) is 36.0 Å². The van der Waals surface area contributed by atoms with Gasteiger partial charge in [0.1, 0.15) is 10.3 Å². The fourth-order valence-corrected chi connectivity index (χ4v) is 4.09. The quantitative estimate of drug-likeness (QED) is 0.729. The van der Waals surface area contributed by atoms with E-state index in [1.807, 2.05) is 4.90 Å². The van der Waals surface area contributed by atoms with E-state index in [0.29, 0.717) is 17.5 Å². The summed E-state index contributed by atoms with van der Waals surface area (Å²) in [6.45, 7) is 0.845. The van der Waals surface area contributed by atoms with Gasteiger partial charge in [-0.05, 0) is 43.7 Å². The van der Waals surface area contributed by atoms with Crippen molar-refractivity contribution in [1.29, 1.82) is 0 Å². The number of hydrogen-bond donors (Lipinski definition) is 0. The Kier molecular flexibility index (Phi) is 4.18. The van der Waals surface area contributed by atoms with Gasteiger partial charge < -0.3 is 4.90 Å². The molecule has 0 bridgehead atoms. The highest BCUT2D eigenvalue weighted by Gasteiger charge is 2.36. The summed E-state index contributed by atoms with van der Waals surface area (Å²) in [5.41, 5.74) is 0.557. The van der Waals surface area contributed by atoms with E-state index in [9.17, 15) is 4.79 Å². The number of amides is 1. The van der Waals surface area contributed by atoms with Gasteiger partial charge in [0.25, 0.3) is 5.91 Å². The number of halogens is 2. The van der Waals surface area contributed by atoms with E-state index >= 15 is 0 Å². The molecule has 2 aliphatic rings. The van der Waals surface area contributed by atoms with Crippen LogP contribution in [0.15, 0.2) is 12.1 Å². The molecule has 0 N–H and O–H groups in total. The SMILES string of the molecule is O=C(c1cc(Cl)nc(Cl)c1)N1CCCC2CCCCC21. The summed E-state index contributed by atoms with van der Waals surface area (Å²) in [6, 6.07) is 3.63. The van der Waals surface area contributed by atoms with Crippen LogP contribution in [0.5, 0.6) is 0 Å². The molecule has 2 atom stereocenters. The Morgan fingerprint density at radius 3 is 2.50 bits per heavy atom. The lowest BCUT2D eigenvalue weighted by molar-refractivity contribution is 0.0390. The molecule has 108 valence electrons. The molecule has 1 aromatic rings. The van der Waals surface area contributed by atoms with Crippen LogP contribution in [-0.2, 0) is 0 Å². The lowest BCUT2D eigenvalue weighted by Gasteiger charge is -2.44. The average Bonchev–Trinajstić information content (AvgIpc) is 2.45. The van der Waals surface area contributed by atoms with Crippen molar-refractivity contribution in [3.05, 3.63) is 28.0 Å². The maximum Gasteiger partial charge on any atom is 0.254 e. The summed E-state index contributed by atoms with van der Waals surface area (Å²) in [6.07, 6.45) is 7.26. The molecule has 0 radical (unpaired) electrons. The fourth-order valence-electron chi connectivity index (χ4n) is 3.63. The van der Waals surface area contributed by atoms with Gasteiger partial charge in [-0.15, -0.1) is 0 Å². The maximum atomic E-state index is 12.7. The van der Waals surface area contributed by atoms with Crippen LogP contribution in [0.2, 0.25) is 10.3 Å². The smallest absolute Gasteiger partial charge is 0.254 e. The average molecular weight is 313 g/mol. The third-order valence-electron chi connectivity index (χ3n) is 4.51. The highest BCUT2D eigenvalue weighted by Crippen LogP contribution is 2.36. The Morgan fingerprint density at radius 1 is 1.10 bits per heavy atom. The molecule has 1 aromatic heterocycles. The number of fused-ring (bicyclic) bond motifs is 1. The fraction of sp³-hybridized carbons (Fsp3) is 0.600. The Bertz CT molecular complexity index is 498. The first-order valence-corrected chi connectivity index (χ1v) is 8.05. The van der Waals surface area contributed by atoms with E-state index in [1.165, 1.54) is 25.7 Å². The molecule has 2 unspecified atom stereocenters. The normalized spacial score (nSPS) is 26.2. The van der Waals surface area contributed by atoms with Crippen LogP contribution < -0.4 is 0 Å². The zero-order valence-corrected chi connectivity index (χ0v) is 12.8. The Morgan fingerprint density at radius 2 is 1.75 bits per heavy atom. The van der Waals surface area contributed by atoms with Crippen LogP contribution >= 0.6 is 23.2 Å². The van der Waals surface area contributed by atoms with Crippen molar-refractivity contribution in [1.82, 2.24) is 9.88 Å². The summed E-state index contributed by atoms with van der Waals surface area (Å²) in [5, 5.41) is 0.552. The number of rotatable bonds is 1. The lowest BCUT2D eigenvalue weighted by atomic mass is 9.78. The van der Waals surface area contributed by atoms with Crippen LogP contribution in [0.1, 0.15) is 48.9 Å². The van der Waals surface area contributed by atoms with Crippen molar-refractivity contribution < 1.29 is 4.79 Å². The number of carbonyl (C=O) groups excluding carboxylic acids is 1. The predicted octanol–water partition coefficient (Wildman–Crippen LogP) is 4.18. The highest BCUT2D eigenvalue weighted by molar-refractivity contribution is 6.33. The Balaban J connectivity index is 1.84. The molecule has 1 amide bonds. The van der Waals surface area contributed by atoms with E-state index in [1.54, 1.807) is 12.1 Å². The van der Waals surface area contributed by atoms with Gasteiger partial charge in [-0.2, -0.15) is 0 Å². The number of aromatic nitrogens is 1. The first-order valence-electron chi connectivity index (χ1n) is 7.29. The third-order valence-corrected chi connectivity index (χ3v) is 4.90. The van der Waals surface area contributed by atoms with Crippen LogP contribution in [0, 0.1) is 5.92 Å².